The first-order chi connectivity index (χ1) is 7.65. The third-order valence-electron chi connectivity index (χ3n) is 2.06. The molecule has 0 aliphatic heterocycles. The number of carbonyl (C=O) groups is 1. The number of thioether (sulfide) groups is 1. The highest BCUT2D eigenvalue weighted by molar-refractivity contribution is 9.10. The summed E-state index contributed by atoms with van der Waals surface area (Å²) in [6.45, 7) is 0.895. The molecule has 16 heavy (non-hydrogen) atoms. The van der Waals surface area contributed by atoms with E-state index >= 15 is 0 Å². The highest BCUT2D eigenvalue weighted by Crippen LogP contribution is 2.23. The summed E-state index contributed by atoms with van der Waals surface area (Å²) in [4.78, 5) is 10.7. The highest BCUT2D eigenvalue weighted by atomic mass is 79.9. The normalized spacial score (nSPS) is 10.1. The zero-order valence-electron chi connectivity index (χ0n) is 9.00. The van der Waals surface area contributed by atoms with Gasteiger partial charge in [0.05, 0.1) is 5.56 Å². The Morgan fingerprint density at radius 2 is 2.31 bits per heavy atom. The van der Waals surface area contributed by atoms with Gasteiger partial charge in [-0.1, -0.05) is 0 Å². The molecule has 0 spiro atoms. The topological polar surface area (TPSA) is 49.3 Å². The third-order valence-corrected chi connectivity index (χ3v) is 3.41. The van der Waals surface area contributed by atoms with E-state index in [-0.39, 0.29) is 0 Å². The number of benzene rings is 1. The quantitative estimate of drug-likeness (QED) is 0.792. The molecule has 0 heterocycles. The fraction of sp³-hybridized carbons (Fsp3) is 0.364. The predicted octanol–water partition coefficient (Wildman–Crippen LogP) is 3.31. The molecule has 1 aromatic rings. The van der Waals surface area contributed by atoms with Crippen LogP contribution in [0.4, 0.5) is 5.69 Å². The molecule has 1 aromatic carbocycles. The van der Waals surface area contributed by atoms with Gasteiger partial charge in [-0.25, -0.2) is 4.79 Å². The number of carboxylic acids is 1. The number of halogens is 1. The molecule has 0 amide bonds. The SMILES string of the molecule is CSCCCNc1ccc(C(=O)O)cc1Br. The van der Waals surface area contributed by atoms with Gasteiger partial charge >= 0.3 is 5.97 Å². The van der Waals surface area contributed by atoms with Crippen molar-refractivity contribution >= 4 is 39.3 Å². The number of aromatic carboxylic acids is 1. The Bertz CT molecular complexity index is 371. The first-order valence-electron chi connectivity index (χ1n) is 4.91. The van der Waals surface area contributed by atoms with E-state index < -0.39 is 5.97 Å². The molecule has 3 nitrogen and oxygen atoms in total. The van der Waals surface area contributed by atoms with Gasteiger partial charge in [-0.2, -0.15) is 11.8 Å². The van der Waals surface area contributed by atoms with Crippen molar-refractivity contribution < 1.29 is 9.90 Å². The van der Waals surface area contributed by atoms with Crippen LogP contribution in [0.2, 0.25) is 0 Å². The van der Waals surface area contributed by atoms with Crippen LogP contribution < -0.4 is 5.32 Å². The molecule has 0 aliphatic carbocycles. The van der Waals surface area contributed by atoms with Crippen LogP contribution >= 0.6 is 27.7 Å². The molecule has 88 valence electrons. The molecule has 0 atom stereocenters. The Labute approximate surface area is 108 Å². The van der Waals surface area contributed by atoms with Crippen LogP contribution in [0.25, 0.3) is 0 Å². The molecule has 0 fully saturated rings. The monoisotopic (exact) mass is 303 g/mol. The number of anilines is 1. The smallest absolute Gasteiger partial charge is 0.335 e. The average molecular weight is 304 g/mol. The molecule has 2 N–H and O–H groups in total. The van der Waals surface area contributed by atoms with Crippen molar-refractivity contribution in [3.05, 3.63) is 28.2 Å². The van der Waals surface area contributed by atoms with Gasteiger partial charge in [-0.15, -0.1) is 0 Å². The van der Waals surface area contributed by atoms with Gasteiger partial charge in [-0.3, -0.25) is 0 Å². The Morgan fingerprint density at radius 1 is 1.56 bits per heavy atom. The number of hydrogen-bond donors (Lipinski definition) is 2. The standard InChI is InChI=1S/C11H14BrNO2S/c1-16-6-2-5-13-10-4-3-8(11(14)15)7-9(10)12/h3-4,7,13H,2,5-6H2,1H3,(H,14,15). The van der Waals surface area contributed by atoms with Crippen molar-refractivity contribution in [3.63, 3.8) is 0 Å². The Morgan fingerprint density at radius 3 is 2.88 bits per heavy atom. The zero-order chi connectivity index (χ0) is 12.0. The van der Waals surface area contributed by atoms with Crippen LogP contribution in [0, 0.1) is 0 Å². The van der Waals surface area contributed by atoms with E-state index in [1.54, 1.807) is 18.2 Å². The summed E-state index contributed by atoms with van der Waals surface area (Å²) in [5, 5.41) is 12.1. The van der Waals surface area contributed by atoms with E-state index in [0.717, 1.165) is 28.9 Å². The number of nitrogens with one attached hydrogen (secondary N) is 1. The first kappa shape index (κ1) is 13.4. The second-order valence-electron chi connectivity index (χ2n) is 3.27. The predicted molar refractivity (Wildman–Crippen MR) is 72.6 cm³/mol. The summed E-state index contributed by atoms with van der Waals surface area (Å²) in [6, 6.07) is 5.00. The maximum Gasteiger partial charge on any atom is 0.335 e. The average Bonchev–Trinajstić information content (AvgIpc) is 2.26. The lowest BCUT2D eigenvalue weighted by Gasteiger charge is -2.08. The molecule has 1 rings (SSSR count). The molecule has 5 heteroatoms. The molecule has 0 bridgehead atoms. The van der Waals surface area contributed by atoms with Crippen molar-refractivity contribution in [3.8, 4) is 0 Å². The van der Waals surface area contributed by atoms with Gasteiger partial charge in [0, 0.05) is 16.7 Å². The van der Waals surface area contributed by atoms with Gasteiger partial charge in [-0.05, 0) is 52.6 Å². The van der Waals surface area contributed by atoms with E-state index in [1.807, 2.05) is 11.8 Å². The summed E-state index contributed by atoms with van der Waals surface area (Å²) in [7, 11) is 0. The van der Waals surface area contributed by atoms with E-state index in [4.69, 9.17) is 5.11 Å². The second kappa shape index (κ2) is 6.81. The molecule has 0 saturated carbocycles. The highest BCUT2D eigenvalue weighted by Gasteiger charge is 2.05. The van der Waals surface area contributed by atoms with Crippen LogP contribution in [-0.2, 0) is 0 Å². The van der Waals surface area contributed by atoms with Crippen LogP contribution in [0.15, 0.2) is 22.7 Å². The van der Waals surface area contributed by atoms with Gasteiger partial charge in [0.1, 0.15) is 0 Å². The molecule has 0 unspecified atom stereocenters. The second-order valence-corrected chi connectivity index (χ2v) is 5.11. The van der Waals surface area contributed by atoms with E-state index in [2.05, 4.69) is 27.5 Å². The Hall–Kier alpha value is -0.680. The van der Waals surface area contributed by atoms with Gasteiger partial charge < -0.3 is 10.4 Å². The maximum absolute atomic E-state index is 10.7. The Balaban J connectivity index is 2.57. The number of carboxylic acid groups (broad SMARTS) is 1. The molecular formula is C11H14BrNO2S. The third kappa shape index (κ3) is 4.06. The fourth-order valence-corrected chi connectivity index (χ4v) is 2.18. The lowest BCUT2D eigenvalue weighted by Crippen LogP contribution is -2.04. The van der Waals surface area contributed by atoms with E-state index in [1.165, 1.54) is 0 Å². The minimum Gasteiger partial charge on any atom is -0.478 e. The van der Waals surface area contributed by atoms with Crippen LogP contribution in [0.5, 0.6) is 0 Å². The molecule has 0 aliphatic rings. The van der Waals surface area contributed by atoms with Crippen LogP contribution in [-0.4, -0.2) is 29.6 Å². The number of hydrogen-bond acceptors (Lipinski definition) is 3. The van der Waals surface area contributed by atoms with Crippen LogP contribution in [0.3, 0.4) is 0 Å². The maximum atomic E-state index is 10.7. The van der Waals surface area contributed by atoms with Crippen molar-refractivity contribution in [2.24, 2.45) is 0 Å². The van der Waals surface area contributed by atoms with E-state index in [9.17, 15) is 4.79 Å². The number of rotatable bonds is 6. The summed E-state index contributed by atoms with van der Waals surface area (Å²) in [6.07, 6.45) is 3.17. The van der Waals surface area contributed by atoms with Gasteiger partial charge in [0.15, 0.2) is 0 Å². The largest absolute Gasteiger partial charge is 0.478 e. The molecular weight excluding hydrogens is 290 g/mol. The lowest BCUT2D eigenvalue weighted by molar-refractivity contribution is 0.0697. The fourth-order valence-electron chi connectivity index (χ4n) is 1.23. The van der Waals surface area contributed by atoms with Gasteiger partial charge in [0.2, 0.25) is 0 Å². The van der Waals surface area contributed by atoms with E-state index in [0.29, 0.717) is 5.56 Å². The molecule has 0 radical (unpaired) electrons. The zero-order valence-corrected chi connectivity index (χ0v) is 11.4. The van der Waals surface area contributed by atoms with Gasteiger partial charge in [0.25, 0.3) is 0 Å². The lowest BCUT2D eigenvalue weighted by atomic mass is 10.2. The van der Waals surface area contributed by atoms with Crippen molar-refractivity contribution in [2.75, 3.05) is 23.9 Å². The summed E-state index contributed by atoms with van der Waals surface area (Å²) in [5.41, 5.74) is 1.23. The van der Waals surface area contributed by atoms with Crippen molar-refractivity contribution in [1.82, 2.24) is 0 Å². The molecule has 0 aromatic heterocycles. The Kier molecular flexibility index (Phi) is 5.69. The minimum atomic E-state index is -0.908. The van der Waals surface area contributed by atoms with Crippen LogP contribution in [0.1, 0.15) is 16.8 Å². The summed E-state index contributed by atoms with van der Waals surface area (Å²) >= 11 is 5.17. The first-order valence-corrected chi connectivity index (χ1v) is 7.09. The van der Waals surface area contributed by atoms with Crippen molar-refractivity contribution in [2.45, 2.75) is 6.42 Å². The van der Waals surface area contributed by atoms with Crippen molar-refractivity contribution in [1.29, 1.82) is 0 Å². The minimum absolute atomic E-state index is 0.293. The summed E-state index contributed by atoms with van der Waals surface area (Å²) in [5.74, 6) is 0.215. The molecule has 0 saturated heterocycles. The summed E-state index contributed by atoms with van der Waals surface area (Å²) < 4.78 is 0.788.